The first-order valence-electron chi connectivity index (χ1n) is 8.43. The van der Waals surface area contributed by atoms with Crippen molar-refractivity contribution in [2.45, 2.75) is 12.0 Å². The largest absolute Gasteiger partial charge is 0.762 e. The summed E-state index contributed by atoms with van der Waals surface area (Å²) in [7, 11) is 0. The fourth-order valence-corrected chi connectivity index (χ4v) is 3.07. The molecule has 3 heterocycles. The molecule has 0 aliphatic rings. The van der Waals surface area contributed by atoms with E-state index in [-0.39, 0.29) is 5.57 Å². The number of nitrogens with zero attached hydrogens (tertiary/aromatic N) is 5. The monoisotopic (exact) mass is 368 g/mol. The van der Waals surface area contributed by atoms with E-state index in [9.17, 15) is 15.5 Å². The van der Waals surface area contributed by atoms with Gasteiger partial charge in [-0.05, 0) is 34.9 Å². The number of nitriles is 1. The highest BCUT2D eigenvalue weighted by atomic mass is 16.1. The number of amides is 1. The van der Waals surface area contributed by atoms with Crippen LogP contribution >= 0.6 is 0 Å². The van der Waals surface area contributed by atoms with E-state index in [0.717, 1.165) is 11.1 Å². The Balaban J connectivity index is 2.07. The van der Waals surface area contributed by atoms with Crippen molar-refractivity contribution in [2.24, 2.45) is 5.73 Å². The summed E-state index contributed by atoms with van der Waals surface area (Å²) >= 11 is 0. The molecule has 3 aromatic rings. The van der Waals surface area contributed by atoms with Gasteiger partial charge in [-0.2, -0.15) is 9.83 Å². The highest BCUT2D eigenvalue weighted by Gasteiger charge is 2.38. The van der Waals surface area contributed by atoms with Gasteiger partial charge in [0.1, 0.15) is 6.07 Å². The fraction of sp³-hybridized carbons (Fsp3) is 0.0952. The molecule has 0 unspecified atom stereocenters. The first-order valence-corrected chi connectivity index (χ1v) is 8.43. The van der Waals surface area contributed by atoms with Crippen LogP contribution in [0.4, 0.5) is 0 Å². The Morgan fingerprint density at radius 1 is 1.07 bits per heavy atom. The van der Waals surface area contributed by atoms with Crippen molar-refractivity contribution < 1.29 is 9.36 Å². The topological polar surface area (TPSA) is 119 Å². The average molecular weight is 368 g/mol. The third-order valence-electron chi connectivity index (χ3n) is 4.39. The third kappa shape index (κ3) is 3.83. The van der Waals surface area contributed by atoms with Gasteiger partial charge in [-0.25, -0.2) is 0 Å². The van der Waals surface area contributed by atoms with Crippen LogP contribution in [0.25, 0.3) is 16.5 Å². The molecule has 0 aliphatic carbocycles. The number of rotatable bonds is 6. The summed E-state index contributed by atoms with van der Waals surface area (Å²) in [6.45, 7) is 0. The van der Waals surface area contributed by atoms with Crippen LogP contribution in [0, 0.1) is 11.3 Å². The Hall–Kier alpha value is -4.14. The summed E-state index contributed by atoms with van der Waals surface area (Å²) in [4.78, 5) is 20.4. The minimum absolute atomic E-state index is 0.109. The second-order valence-corrected chi connectivity index (χ2v) is 6.02. The molecule has 3 aromatic heterocycles. The normalized spacial score (nSPS) is 12.2. The molecule has 0 fully saturated rings. The Bertz CT molecular complexity index is 1050. The lowest BCUT2D eigenvalue weighted by Gasteiger charge is -2.20. The number of pyridine rings is 3. The lowest BCUT2D eigenvalue weighted by Crippen LogP contribution is -2.49. The van der Waals surface area contributed by atoms with Crippen molar-refractivity contribution in [3.8, 4) is 17.2 Å². The minimum atomic E-state index is -0.954. The molecule has 0 radical (unpaired) electrons. The average Bonchev–Trinajstić information content (AvgIpc) is 2.75. The lowest BCUT2D eigenvalue weighted by molar-refractivity contribution is -0.711. The molecule has 0 aromatic carbocycles. The highest BCUT2D eigenvalue weighted by Crippen LogP contribution is 2.31. The van der Waals surface area contributed by atoms with Crippen LogP contribution in [0.3, 0.4) is 0 Å². The van der Waals surface area contributed by atoms with E-state index >= 15 is 0 Å². The van der Waals surface area contributed by atoms with E-state index in [1.165, 1.54) is 6.20 Å². The quantitative estimate of drug-likeness (QED) is 0.406. The number of primary amides is 1. The molecule has 136 valence electrons. The lowest BCUT2D eigenvalue weighted by atomic mass is 9.86. The van der Waals surface area contributed by atoms with Gasteiger partial charge in [-0.3, -0.25) is 20.6 Å². The number of carbonyl (C=O) groups is 1. The van der Waals surface area contributed by atoms with E-state index in [1.54, 1.807) is 47.7 Å². The maximum Gasteiger partial charge on any atom is 0.287 e. The van der Waals surface area contributed by atoms with Crippen molar-refractivity contribution in [2.75, 3.05) is 0 Å². The van der Waals surface area contributed by atoms with Crippen LogP contribution in [0.2, 0.25) is 0 Å². The minimum Gasteiger partial charge on any atom is -0.762 e. The second kappa shape index (κ2) is 8.49. The smallest absolute Gasteiger partial charge is 0.287 e. The summed E-state index contributed by atoms with van der Waals surface area (Å²) in [5.74, 6) is 0.403. The molecule has 2 N–H and O–H groups in total. The first kappa shape index (κ1) is 18.6. The Kier molecular flexibility index (Phi) is 5.66. The molecular formula is C21H16N6O. The predicted octanol–water partition coefficient (Wildman–Crippen LogP) is 1.93. The summed E-state index contributed by atoms with van der Waals surface area (Å²) in [6.07, 6.45) is 9.92. The van der Waals surface area contributed by atoms with Crippen molar-refractivity contribution in [1.82, 2.24) is 9.97 Å². The van der Waals surface area contributed by atoms with Gasteiger partial charge in [0.05, 0.1) is 11.5 Å². The summed E-state index contributed by atoms with van der Waals surface area (Å²) in [6, 6.07) is 11.8. The molecule has 7 heteroatoms. The number of aromatic nitrogens is 3. The molecule has 0 bridgehead atoms. The predicted molar refractivity (Wildman–Crippen MR) is 103 cm³/mol. The molecule has 0 saturated carbocycles. The number of allylic oxidation sites excluding steroid dienone is 1. The second-order valence-electron chi connectivity index (χ2n) is 6.02. The van der Waals surface area contributed by atoms with Gasteiger partial charge in [0.15, 0.2) is 12.4 Å². The van der Waals surface area contributed by atoms with Gasteiger partial charge in [0.2, 0.25) is 6.04 Å². The molecule has 1 amide bonds. The number of hydrogen-bond donors (Lipinski definition) is 1. The highest BCUT2D eigenvalue weighted by molar-refractivity contribution is 5.81. The zero-order valence-corrected chi connectivity index (χ0v) is 14.8. The summed E-state index contributed by atoms with van der Waals surface area (Å²) in [5, 5.41) is 18.9. The number of nitrogens with two attached hydrogens (primary N) is 1. The van der Waals surface area contributed by atoms with E-state index in [0.29, 0.717) is 5.56 Å². The maximum atomic E-state index is 12.3. The van der Waals surface area contributed by atoms with E-state index in [1.807, 2.05) is 36.2 Å². The van der Waals surface area contributed by atoms with Crippen molar-refractivity contribution >= 4 is 11.8 Å². The van der Waals surface area contributed by atoms with Crippen LogP contribution in [-0.2, 0) is 4.79 Å². The maximum absolute atomic E-state index is 12.3. The Morgan fingerprint density at radius 2 is 1.75 bits per heavy atom. The van der Waals surface area contributed by atoms with Crippen LogP contribution in [0.15, 0.2) is 79.2 Å². The van der Waals surface area contributed by atoms with Crippen molar-refractivity contribution in [3.63, 3.8) is 0 Å². The van der Waals surface area contributed by atoms with Crippen LogP contribution in [-0.4, -0.2) is 21.7 Å². The van der Waals surface area contributed by atoms with Crippen LogP contribution in [0.1, 0.15) is 17.5 Å². The number of carbonyl (C=O) groups excluding carboxylic acids is 1. The molecule has 0 saturated heterocycles. The molecule has 0 aliphatic heterocycles. The zero-order chi connectivity index (χ0) is 19.9. The van der Waals surface area contributed by atoms with Crippen LogP contribution < -0.4 is 10.3 Å². The fourth-order valence-electron chi connectivity index (χ4n) is 3.07. The Morgan fingerprint density at radius 3 is 2.29 bits per heavy atom. The van der Waals surface area contributed by atoms with Gasteiger partial charge in [0, 0.05) is 36.9 Å². The molecule has 2 atom stereocenters. The van der Waals surface area contributed by atoms with E-state index in [4.69, 9.17) is 5.73 Å². The third-order valence-corrected chi connectivity index (χ3v) is 4.39. The first-order chi connectivity index (χ1) is 13.7. The van der Waals surface area contributed by atoms with Gasteiger partial charge in [-0.15, -0.1) is 0 Å². The van der Waals surface area contributed by atoms with Crippen molar-refractivity contribution in [3.05, 3.63) is 90.1 Å². The van der Waals surface area contributed by atoms with Gasteiger partial charge in [-0.1, -0.05) is 6.07 Å². The number of hydrogen-bond acceptors (Lipinski definition) is 4. The van der Waals surface area contributed by atoms with Gasteiger partial charge in [0.25, 0.3) is 5.91 Å². The molecular weight excluding hydrogens is 352 g/mol. The summed E-state index contributed by atoms with van der Waals surface area (Å²) in [5.41, 5.74) is 8.05. The zero-order valence-electron chi connectivity index (χ0n) is 14.8. The SMILES string of the molecule is N#CC(=C=[N-])[C@@H](c1cccnc1)[C@@H](C(N)=O)[n+]1ccc(-c2ccncc2)cc1. The van der Waals surface area contributed by atoms with Crippen LogP contribution in [0.5, 0.6) is 0 Å². The Labute approximate surface area is 161 Å². The van der Waals surface area contributed by atoms with Gasteiger partial charge < -0.3 is 11.1 Å². The molecule has 28 heavy (non-hydrogen) atoms. The molecule has 7 nitrogen and oxygen atoms in total. The molecule has 3 rings (SSSR count). The standard InChI is InChI=1S/C21H16N6O/c22-12-18(13-23)19(17-2-1-7-26-14-17)20(21(24)28)27-10-5-16(6-11-27)15-3-8-25-9-4-15/h1-11,14,19-20H,(H2,24,28)/t19-,20+/m1/s1. The molecule has 0 spiro atoms. The van der Waals surface area contributed by atoms with E-state index in [2.05, 4.69) is 9.97 Å². The van der Waals surface area contributed by atoms with Crippen molar-refractivity contribution in [1.29, 1.82) is 5.26 Å². The van der Waals surface area contributed by atoms with E-state index < -0.39 is 17.9 Å². The summed E-state index contributed by atoms with van der Waals surface area (Å²) < 4.78 is 1.61. The van der Waals surface area contributed by atoms with Gasteiger partial charge >= 0.3 is 0 Å².